The highest BCUT2D eigenvalue weighted by atomic mass is 16.5. The zero-order valence-corrected chi connectivity index (χ0v) is 42.6. The van der Waals surface area contributed by atoms with Crippen molar-refractivity contribution >= 4 is 44.6 Å². The van der Waals surface area contributed by atoms with Crippen LogP contribution in [0.4, 0.5) is 22.7 Å². The predicted molar refractivity (Wildman–Crippen MR) is 321 cm³/mol. The van der Waals surface area contributed by atoms with Gasteiger partial charge in [0.25, 0.3) is 0 Å². The van der Waals surface area contributed by atoms with Crippen molar-refractivity contribution in [1.82, 2.24) is 9.55 Å². The summed E-state index contributed by atoms with van der Waals surface area (Å²) in [4.78, 5) is 10.1. The van der Waals surface area contributed by atoms with Crippen molar-refractivity contribution in [2.45, 2.75) is 5.41 Å². The molecule has 5 heteroatoms. The second-order valence-corrected chi connectivity index (χ2v) is 20.2. The van der Waals surface area contributed by atoms with E-state index in [1.165, 1.54) is 50.1 Å². The molecule has 3 heterocycles. The van der Waals surface area contributed by atoms with Crippen LogP contribution in [0.25, 0.3) is 72.1 Å². The first-order valence-electron chi connectivity index (χ1n) is 26.7. The average molecular weight is 999 g/mol. The van der Waals surface area contributed by atoms with Gasteiger partial charge in [-0.15, -0.1) is 0 Å². The van der Waals surface area contributed by atoms with Crippen LogP contribution >= 0.6 is 0 Å². The lowest BCUT2D eigenvalue weighted by molar-refractivity contribution is 0.483. The molecule has 0 unspecified atom stereocenters. The van der Waals surface area contributed by atoms with Crippen LogP contribution in [-0.2, 0) is 5.41 Å². The van der Waals surface area contributed by atoms with Gasteiger partial charge >= 0.3 is 0 Å². The highest BCUT2D eigenvalue weighted by Crippen LogP contribution is 2.57. The van der Waals surface area contributed by atoms with Gasteiger partial charge in [0.15, 0.2) is 0 Å². The Morgan fingerprint density at radius 2 is 0.910 bits per heavy atom. The number of fused-ring (bicyclic) bond motifs is 7. The molecular weight excluding hydrogens is 949 g/mol. The number of rotatable bonds is 10. The largest absolute Gasteiger partial charge is 0.457 e. The fraction of sp³-hybridized carbons (Fsp3) is 0.0274. The summed E-state index contributed by atoms with van der Waals surface area (Å²) >= 11 is 0. The van der Waals surface area contributed by atoms with E-state index in [-0.39, 0.29) is 0 Å². The quantitative estimate of drug-likeness (QED) is 0.137. The fourth-order valence-corrected chi connectivity index (χ4v) is 12.6. The van der Waals surface area contributed by atoms with Crippen molar-refractivity contribution in [3.8, 4) is 61.8 Å². The minimum Gasteiger partial charge on any atom is -0.457 e. The molecule has 368 valence electrons. The molecule has 78 heavy (non-hydrogen) atoms. The molecular formula is C73H50N4O. The SMILES string of the molecule is c1ccc(-c2cc(-c3ccccc3)c(N3CN(c4cccc(Oc5ccc6c7ccccc7n(-c7cc(C8(c9ccccc9)c9ccccc9-c9ccccc98)ccn7)c6c5)c4)c4ccccc43)c(-c3ccccc3)c2)cc1. The summed E-state index contributed by atoms with van der Waals surface area (Å²) in [6.07, 6.45) is 1.98. The molecule has 0 N–H and O–H groups in total. The Balaban J connectivity index is 0.821. The zero-order valence-electron chi connectivity index (χ0n) is 42.6. The smallest absolute Gasteiger partial charge is 0.137 e. The minimum absolute atomic E-state index is 0.557. The zero-order chi connectivity index (χ0) is 51.6. The van der Waals surface area contributed by atoms with Gasteiger partial charge in [0.2, 0.25) is 0 Å². The predicted octanol–water partition coefficient (Wildman–Crippen LogP) is 18.6. The maximum atomic E-state index is 6.97. The van der Waals surface area contributed by atoms with Crippen LogP contribution in [0.3, 0.4) is 0 Å². The van der Waals surface area contributed by atoms with Crippen molar-refractivity contribution in [3.63, 3.8) is 0 Å². The topological polar surface area (TPSA) is 33.5 Å². The molecule has 0 saturated carbocycles. The molecule has 11 aromatic carbocycles. The summed E-state index contributed by atoms with van der Waals surface area (Å²) in [5, 5.41) is 2.28. The van der Waals surface area contributed by atoms with E-state index in [1.807, 2.05) is 6.20 Å². The molecule has 0 spiro atoms. The normalized spacial score (nSPS) is 13.1. The monoisotopic (exact) mass is 998 g/mol. The lowest BCUT2D eigenvalue weighted by Crippen LogP contribution is -2.28. The summed E-state index contributed by atoms with van der Waals surface area (Å²) in [5.74, 6) is 2.32. The van der Waals surface area contributed by atoms with Gasteiger partial charge in [0.05, 0.1) is 33.5 Å². The van der Waals surface area contributed by atoms with E-state index < -0.39 is 5.41 Å². The molecule has 15 rings (SSSR count). The number of pyridine rings is 1. The molecule has 0 atom stereocenters. The Labute approximate surface area is 453 Å². The standard InChI is InChI=1S/C73H50N4O/c1-5-22-50(23-6-1)53-44-63(51-24-7-2-8-25-51)72(64(45-53)52-26-9-3-10-27-52)76-49-75(68-38-19-20-39-69(68)76)56-30-21-31-57(47-56)78-58-40-41-62-61-34-15-18-37-67(61)77(70(62)48-58)71-46-55(42-43-74-71)73(54-28-11-4-12-29-54)65-35-16-13-32-59(65)60-33-14-17-36-66(60)73/h1-48H,49H2. The minimum atomic E-state index is -0.557. The van der Waals surface area contributed by atoms with Gasteiger partial charge in [-0.3, -0.25) is 4.57 Å². The van der Waals surface area contributed by atoms with Crippen molar-refractivity contribution in [3.05, 3.63) is 314 Å². The van der Waals surface area contributed by atoms with E-state index in [4.69, 9.17) is 9.72 Å². The van der Waals surface area contributed by atoms with Gasteiger partial charge in [-0.25, -0.2) is 4.98 Å². The van der Waals surface area contributed by atoms with Gasteiger partial charge in [0.1, 0.15) is 24.0 Å². The molecule has 0 radical (unpaired) electrons. The number of aromatic nitrogens is 2. The van der Waals surface area contributed by atoms with Gasteiger partial charge in [-0.1, -0.05) is 206 Å². The lowest BCUT2D eigenvalue weighted by atomic mass is 9.68. The number of hydrogen-bond acceptors (Lipinski definition) is 4. The van der Waals surface area contributed by atoms with Crippen molar-refractivity contribution < 1.29 is 4.74 Å². The number of nitrogens with zero attached hydrogens (tertiary/aromatic N) is 4. The Hall–Kier alpha value is -10.2. The number of benzene rings is 11. The van der Waals surface area contributed by atoms with E-state index in [9.17, 15) is 0 Å². The maximum Gasteiger partial charge on any atom is 0.137 e. The third-order valence-electron chi connectivity index (χ3n) is 16.0. The molecule has 1 aliphatic heterocycles. The van der Waals surface area contributed by atoms with E-state index in [2.05, 4.69) is 299 Å². The second-order valence-electron chi connectivity index (χ2n) is 20.2. The van der Waals surface area contributed by atoms with Crippen LogP contribution in [0.5, 0.6) is 11.5 Å². The van der Waals surface area contributed by atoms with Gasteiger partial charge in [-0.05, 0) is 122 Å². The highest BCUT2D eigenvalue weighted by Gasteiger charge is 2.46. The lowest BCUT2D eigenvalue weighted by Gasteiger charge is -2.34. The fourth-order valence-electron chi connectivity index (χ4n) is 12.6. The molecule has 0 bridgehead atoms. The summed E-state index contributed by atoms with van der Waals surface area (Å²) in [6.45, 7) is 0.591. The van der Waals surface area contributed by atoms with Crippen LogP contribution in [0.2, 0.25) is 0 Å². The summed E-state index contributed by atoms with van der Waals surface area (Å²) in [5.41, 5.74) is 20.4. The Bertz CT molecular complexity index is 4290. The molecule has 5 nitrogen and oxygen atoms in total. The first-order valence-corrected chi connectivity index (χ1v) is 26.7. The Morgan fingerprint density at radius 1 is 0.359 bits per heavy atom. The van der Waals surface area contributed by atoms with Gasteiger partial charge < -0.3 is 14.5 Å². The molecule has 0 amide bonds. The van der Waals surface area contributed by atoms with Crippen molar-refractivity contribution in [2.75, 3.05) is 16.5 Å². The third-order valence-corrected chi connectivity index (χ3v) is 16.0. The third kappa shape index (κ3) is 7.27. The Kier molecular flexibility index (Phi) is 10.7. The van der Waals surface area contributed by atoms with E-state index in [1.54, 1.807) is 0 Å². The molecule has 0 saturated heterocycles. The number of hydrogen-bond donors (Lipinski definition) is 0. The van der Waals surface area contributed by atoms with Crippen molar-refractivity contribution in [1.29, 1.82) is 0 Å². The summed E-state index contributed by atoms with van der Waals surface area (Å²) in [7, 11) is 0. The summed E-state index contributed by atoms with van der Waals surface area (Å²) < 4.78 is 9.27. The van der Waals surface area contributed by atoms with Gasteiger partial charge in [-0.2, -0.15) is 0 Å². The second kappa shape index (κ2) is 18.6. The maximum absolute atomic E-state index is 6.97. The number of anilines is 4. The first kappa shape index (κ1) is 45.2. The molecule has 1 aliphatic carbocycles. The molecule has 2 aromatic heterocycles. The highest BCUT2D eigenvalue weighted by molar-refractivity contribution is 6.09. The van der Waals surface area contributed by atoms with E-state index >= 15 is 0 Å². The van der Waals surface area contributed by atoms with Crippen LogP contribution in [-0.4, -0.2) is 16.2 Å². The molecule has 0 fully saturated rings. The van der Waals surface area contributed by atoms with Crippen LogP contribution in [0, 0.1) is 0 Å². The van der Waals surface area contributed by atoms with Crippen LogP contribution in [0.1, 0.15) is 22.3 Å². The van der Waals surface area contributed by atoms with Crippen molar-refractivity contribution in [2.24, 2.45) is 0 Å². The van der Waals surface area contributed by atoms with Crippen LogP contribution < -0.4 is 14.5 Å². The summed E-state index contributed by atoms with van der Waals surface area (Å²) in [6, 6.07) is 103. The van der Waals surface area contributed by atoms with Gasteiger partial charge in [0, 0.05) is 45.9 Å². The van der Waals surface area contributed by atoms with E-state index in [0.717, 1.165) is 78.6 Å². The Morgan fingerprint density at radius 3 is 1.59 bits per heavy atom. The molecule has 13 aromatic rings. The first-order chi connectivity index (χ1) is 38.7. The van der Waals surface area contributed by atoms with E-state index in [0.29, 0.717) is 6.67 Å². The average Bonchev–Trinajstić information content (AvgIpc) is 4.32. The number of ether oxygens (including phenoxy) is 1. The molecule has 2 aliphatic rings. The number of para-hydroxylation sites is 3. The van der Waals surface area contributed by atoms with Crippen LogP contribution in [0.15, 0.2) is 291 Å².